The summed E-state index contributed by atoms with van der Waals surface area (Å²) < 4.78 is 0. The lowest BCUT2D eigenvalue weighted by Crippen LogP contribution is -2.09. The number of aliphatic hydroxyl groups excluding tert-OH is 1. The molecule has 0 radical (unpaired) electrons. The number of hydrogen-bond acceptors (Lipinski definition) is 1. The third-order valence-corrected chi connectivity index (χ3v) is 4.91. The summed E-state index contributed by atoms with van der Waals surface area (Å²) >= 11 is 12.2. The minimum Gasteiger partial charge on any atom is -0.384 e. The van der Waals surface area contributed by atoms with Crippen LogP contribution in [-0.2, 0) is 0 Å². The van der Waals surface area contributed by atoms with Gasteiger partial charge < -0.3 is 5.11 Å². The molecule has 1 fully saturated rings. The maximum atomic E-state index is 10.6. The average molecular weight is 307 g/mol. The van der Waals surface area contributed by atoms with Crippen LogP contribution in [0.3, 0.4) is 0 Å². The van der Waals surface area contributed by atoms with Crippen molar-refractivity contribution in [3.63, 3.8) is 0 Å². The summed E-state index contributed by atoms with van der Waals surface area (Å²) in [5.74, 6) is 0.650. The maximum absolute atomic E-state index is 10.6. The van der Waals surface area contributed by atoms with E-state index in [4.69, 9.17) is 23.2 Å². The fraction of sp³-hybridized carbons (Fsp3) is 0.294. The molecule has 2 aromatic carbocycles. The first-order valence-electron chi connectivity index (χ1n) is 6.88. The molecule has 1 nitrogen and oxygen atoms in total. The van der Waals surface area contributed by atoms with Gasteiger partial charge in [-0.15, -0.1) is 0 Å². The highest BCUT2D eigenvalue weighted by Gasteiger charge is 2.21. The first kappa shape index (κ1) is 13.9. The molecule has 1 saturated carbocycles. The van der Waals surface area contributed by atoms with Crippen molar-refractivity contribution in [1.82, 2.24) is 0 Å². The summed E-state index contributed by atoms with van der Waals surface area (Å²) in [6.45, 7) is 0. The zero-order chi connectivity index (χ0) is 14.1. The standard InChI is InChI=1S/C17H16Cl2O/c18-15-9-3-8-14(16(15)19)17(20)13-7-2-6-12(10-13)11-4-1-5-11/h2-3,6-11,17,20H,1,4-5H2. The second kappa shape index (κ2) is 5.77. The fourth-order valence-corrected chi connectivity index (χ4v) is 3.05. The van der Waals surface area contributed by atoms with Gasteiger partial charge in [0.1, 0.15) is 6.10 Å². The van der Waals surface area contributed by atoms with E-state index in [0.29, 0.717) is 21.5 Å². The smallest absolute Gasteiger partial charge is 0.106 e. The molecule has 3 heteroatoms. The Morgan fingerprint density at radius 2 is 1.80 bits per heavy atom. The Hall–Kier alpha value is -1.02. The van der Waals surface area contributed by atoms with E-state index >= 15 is 0 Å². The lowest BCUT2D eigenvalue weighted by Gasteiger charge is -2.26. The minimum atomic E-state index is -0.735. The average Bonchev–Trinajstić information content (AvgIpc) is 2.40. The highest BCUT2D eigenvalue weighted by molar-refractivity contribution is 6.42. The zero-order valence-corrected chi connectivity index (χ0v) is 12.5. The second-order valence-electron chi connectivity index (χ2n) is 5.34. The number of hydrogen-bond donors (Lipinski definition) is 1. The number of halogens is 2. The molecule has 0 aromatic heterocycles. The highest BCUT2D eigenvalue weighted by atomic mass is 35.5. The van der Waals surface area contributed by atoms with Crippen molar-refractivity contribution in [1.29, 1.82) is 0 Å². The molecule has 104 valence electrons. The second-order valence-corrected chi connectivity index (χ2v) is 6.13. The van der Waals surface area contributed by atoms with Crippen molar-refractivity contribution < 1.29 is 5.11 Å². The van der Waals surface area contributed by atoms with Crippen LogP contribution in [0.5, 0.6) is 0 Å². The third kappa shape index (κ3) is 2.58. The van der Waals surface area contributed by atoms with E-state index in [0.717, 1.165) is 5.56 Å². The zero-order valence-electron chi connectivity index (χ0n) is 11.0. The van der Waals surface area contributed by atoms with Gasteiger partial charge >= 0.3 is 0 Å². The Labute approximate surface area is 129 Å². The molecule has 0 heterocycles. The maximum Gasteiger partial charge on any atom is 0.106 e. The Morgan fingerprint density at radius 1 is 1.05 bits per heavy atom. The summed E-state index contributed by atoms with van der Waals surface area (Å²) in [5.41, 5.74) is 2.84. The molecule has 1 aliphatic carbocycles. The molecule has 1 unspecified atom stereocenters. The first-order chi connectivity index (χ1) is 9.66. The lowest BCUT2D eigenvalue weighted by molar-refractivity contribution is 0.220. The van der Waals surface area contributed by atoms with Gasteiger partial charge in [0.15, 0.2) is 0 Å². The van der Waals surface area contributed by atoms with Gasteiger partial charge in [-0.05, 0) is 36.0 Å². The molecule has 3 rings (SSSR count). The van der Waals surface area contributed by atoms with Gasteiger partial charge in [0.05, 0.1) is 10.0 Å². The quantitative estimate of drug-likeness (QED) is 0.811. The van der Waals surface area contributed by atoms with Gasteiger partial charge in [-0.1, -0.05) is 66.0 Å². The van der Waals surface area contributed by atoms with Crippen LogP contribution in [0.4, 0.5) is 0 Å². The number of aliphatic hydroxyl groups is 1. The lowest BCUT2D eigenvalue weighted by atomic mass is 9.79. The molecular weight excluding hydrogens is 291 g/mol. The summed E-state index contributed by atoms with van der Waals surface area (Å²) in [4.78, 5) is 0. The SMILES string of the molecule is OC(c1cccc(C2CCC2)c1)c1cccc(Cl)c1Cl. The normalized spacial score (nSPS) is 16.8. The van der Waals surface area contributed by atoms with Gasteiger partial charge in [-0.25, -0.2) is 0 Å². The molecular formula is C17H16Cl2O. The summed E-state index contributed by atoms with van der Waals surface area (Å²) in [7, 11) is 0. The van der Waals surface area contributed by atoms with Crippen molar-refractivity contribution >= 4 is 23.2 Å². The predicted octanol–water partition coefficient (Wildman–Crippen LogP) is 5.34. The molecule has 0 saturated heterocycles. The molecule has 2 aromatic rings. The molecule has 0 bridgehead atoms. The number of benzene rings is 2. The van der Waals surface area contributed by atoms with Crippen molar-refractivity contribution in [2.45, 2.75) is 31.3 Å². The fourth-order valence-electron chi connectivity index (χ4n) is 2.64. The molecule has 0 spiro atoms. The van der Waals surface area contributed by atoms with Crippen molar-refractivity contribution in [3.8, 4) is 0 Å². The van der Waals surface area contributed by atoms with E-state index < -0.39 is 6.10 Å². The molecule has 0 amide bonds. The van der Waals surface area contributed by atoms with Crippen LogP contribution in [0.15, 0.2) is 42.5 Å². The largest absolute Gasteiger partial charge is 0.384 e. The Kier molecular flexibility index (Phi) is 4.02. The van der Waals surface area contributed by atoms with Crippen LogP contribution in [0.1, 0.15) is 48.0 Å². The van der Waals surface area contributed by atoms with Gasteiger partial charge in [-0.3, -0.25) is 0 Å². The van der Waals surface area contributed by atoms with Crippen LogP contribution in [-0.4, -0.2) is 5.11 Å². The third-order valence-electron chi connectivity index (χ3n) is 4.08. The minimum absolute atomic E-state index is 0.427. The van der Waals surface area contributed by atoms with Crippen molar-refractivity contribution in [2.75, 3.05) is 0 Å². The van der Waals surface area contributed by atoms with E-state index in [1.54, 1.807) is 6.07 Å². The van der Waals surface area contributed by atoms with E-state index in [-0.39, 0.29) is 0 Å². The molecule has 20 heavy (non-hydrogen) atoms. The molecule has 0 aliphatic heterocycles. The summed E-state index contributed by atoms with van der Waals surface area (Å²) in [6.07, 6.45) is 3.06. The monoisotopic (exact) mass is 306 g/mol. The number of rotatable bonds is 3. The van der Waals surface area contributed by atoms with Crippen molar-refractivity contribution in [3.05, 3.63) is 69.2 Å². The van der Waals surface area contributed by atoms with Crippen molar-refractivity contribution in [2.24, 2.45) is 0 Å². The van der Waals surface area contributed by atoms with Gasteiger partial charge in [-0.2, -0.15) is 0 Å². The highest BCUT2D eigenvalue weighted by Crippen LogP contribution is 2.38. The van der Waals surface area contributed by atoms with Crippen LogP contribution in [0.2, 0.25) is 10.0 Å². The predicted molar refractivity (Wildman–Crippen MR) is 83.6 cm³/mol. The van der Waals surface area contributed by atoms with Gasteiger partial charge in [0.25, 0.3) is 0 Å². The van der Waals surface area contributed by atoms with Crippen LogP contribution in [0, 0.1) is 0 Å². The van der Waals surface area contributed by atoms with Gasteiger partial charge in [0.2, 0.25) is 0 Å². The molecule has 1 aliphatic rings. The van der Waals surface area contributed by atoms with Gasteiger partial charge in [0, 0.05) is 5.56 Å². The first-order valence-corrected chi connectivity index (χ1v) is 7.64. The summed E-state index contributed by atoms with van der Waals surface area (Å²) in [5, 5.41) is 11.4. The Bertz CT molecular complexity index is 620. The van der Waals surface area contributed by atoms with E-state index in [2.05, 4.69) is 12.1 Å². The summed E-state index contributed by atoms with van der Waals surface area (Å²) in [6, 6.07) is 13.5. The Balaban J connectivity index is 1.93. The van der Waals surface area contributed by atoms with E-state index in [9.17, 15) is 5.11 Å². The topological polar surface area (TPSA) is 20.2 Å². The van der Waals surface area contributed by atoms with Crippen LogP contribution < -0.4 is 0 Å². The van der Waals surface area contributed by atoms with E-state index in [1.807, 2.05) is 24.3 Å². The molecule has 1 N–H and O–H groups in total. The Morgan fingerprint density at radius 3 is 2.50 bits per heavy atom. The molecule has 1 atom stereocenters. The van der Waals surface area contributed by atoms with E-state index in [1.165, 1.54) is 24.8 Å². The van der Waals surface area contributed by atoms with Crippen LogP contribution >= 0.6 is 23.2 Å². The van der Waals surface area contributed by atoms with Crippen LogP contribution in [0.25, 0.3) is 0 Å².